The van der Waals surface area contributed by atoms with Gasteiger partial charge in [0.25, 0.3) is 0 Å². The minimum absolute atomic E-state index is 0.203. The number of aromatic nitrogens is 1. The van der Waals surface area contributed by atoms with E-state index in [9.17, 15) is 4.79 Å². The van der Waals surface area contributed by atoms with Crippen LogP contribution in [0.15, 0.2) is 11.6 Å². The molecule has 15 heavy (non-hydrogen) atoms. The maximum Gasteiger partial charge on any atom is 0.143 e. The monoisotopic (exact) mass is 223 g/mol. The summed E-state index contributed by atoms with van der Waals surface area (Å²) in [5.41, 5.74) is 0.203. The zero-order valence-electron chi connectivity index (χ0n) is 9.32. The Balaban J connectivity index is 2.02. The fourth-order valence-electron chi connectivity index (χ4n) is 2.54. The zero-order valence-corrected chi connectivity index (χ0v) is 10.1. The number of carbonyl (C=O) groups is 1. The number of ketones is 1. The second-order valence-electron chi connectivity index (χ2n) is 5.00. The largest absolute Gasteiger partial charge is 0.299 e. The highest BCUT2D eigenvalue weighted by molar-refractivity contribution is 7.09. The van der Waals surface area contributed by atoms with Gasteiger partial charge in [0.2, 0.25) is 0 Å². The van der Waals surface area contributed by atoms with Gasteiger partial charge < -0.3 is 0 Å². The molecule has 2 nitrogen and oxygen atoms in total. The molecule has 0 N–H and O–H groups in total. The number of hydrogen-bond donors (Lipinski definition) is 0. The molecular weight excluding hydrogens is 206 g/mol. The lowest BCUT2D eigenvalue weighted by atomic mass is 9.79. The van der Waals surface area contributed by atoms with Crippen molar-refractivity contribution >= 4 is 17.1 Å². The van der Waals surface area contributed by atoms with Gasteiger partial charge in [0, 0.05) is 17.5 Å². The molecule has 1 aliphatic carbocycles. The van der Waals surface area contributed by atoms with Crippen molar-refractivity contribution in [3.8, 4) is 0 Å². The van der Waals surface area contributed by atoms with Gasteiger partial charge in [-0.3, -0.25) is 4.79 Å². The molecule has 1 aliphatic rings. The van der Waals surface area contributed by atoms with Crippen LogP contribution in [0.25, 0.3) is 0 Å². The van der Waals surface area contributed by atoms with Crippen molar-refractivity contribution in [2.24, 2.45) is 11.3 Å². The Kier molecular flexibility index (Phi) is 2.91. The zero-order chi connectivity index (χ0) is 10.9. The fourth-order valence-corrected chi connectivity index (χ4v) is 3.16. The first kappa shape index (κ1) is 10.8. The number of thiazole rings is 1. The van der Waals surface area contributed by atoms with Crippen LogP contribution in [0.5, 0.6) is 0 Å². The van der Waals surface area contributed by atoms with Crippen LogP contribution >= 0.6 is 11.3 Å². The van der Waals surface area contributed by atoms with Crippen molar-refractivity contribution in [2.75, 3.05) is 0 Å². The average molecular weight is 223 g/mol. The van der Waals surface area contributed by atoms with E-state index in [1.807, 2.05) is 5.38 Å². The smallest absolute Gasteiger partial charge is 0.143 e. The lowest BCUT2D eigenvalue weighted by Crippen LogP contribution is -2.27. The van der Waals surface area contributed by atoms with Gasteiger partial charge in [0.1, 0.15) is 5.78 Å². The molecule has 2 rings (SSSR count). The molecule has 1 saturated carbocycles. The molecule has 0 amide bonds. The van der Waals surface area contributed by atoms with Gasteiger partial charge in [-0.05, 0) is 18.3 Å². The fraction of sp³-hybridized carbons (Fsp3) is 0.667. The quantitative estimate of drug-likeness (QED) is 0.788. The molecule has 1 aromatic rings. The Hall–Kier alpha value is -0.700. The predicted octanol–water partition coefficient (Wildman–Crippen LogP) is 3.08. The molecule has 1 fully saturated rings. The molecule has 1 unspecified atom stereocenters. The molecule has 0 bridgehead atoms. The third-order valence-electron chi connectivity index (χ3n) is 3.45. The standard InChI is InChI=1S/C12H17NOS/c1-12(2)5-3-4-9(12)10(14)8-11-13-6-7-15-11/h6-7,9H,3-5,8H2,1-2H3. The van der Waals surface area contributed by atoms with Crippen molar-refractivity contribution in [1.82, 2.24) is 4.98 Å². The number of carbonyl (C=O) groups excluding carboxylic acids is 1. The first-order valence-corrected chi connectivity index (χ1v) is 6.39. The van der Waals surface area contributed by atoms with Crippen LogP contribution in [-0.2, 0) is 11.2 Å². The van der Waals surface area contributed by atoms with E-state index in [0.29, 0.717) is 12.2 Å². The highest BCUT2D eigenvalue weighted by atomic mass is 32.1. The number of rotatable bonds is 3. The van der Waals surface area contributed by atoms with Crippen LogP contribution in [0.2, 0.25) is 0 Å². The van der Waals surface area contributed by atoms with Gasteiger partial charge in [0.05, 0.1) is 11.4 Å². The van der Waals surface area contributed by atoms with E-state index in [-0.39, 0.29) is 11.3 Å². The third-order valence-corrected chi connectivity index (χ3v) is 4.23. The minimum Gasteiger partial charge on any atom is -0.299 e. The van der Waals surface area contributed by atoms with Crippen molar-refractivity contribution in [1.29, 1.82) is 0 Å². The van der Waals surface area contributed by atoms with Crippen molar-refractivity contribution in [3.63, 3.8) is 0 Å². The SMILES string of the molecule is CC1(C)CCCC1C(=O)Cc1nccs1. The first-order chi connectivity index (χ1) is 7.09. The van der Waals surface area contributed by atoms with E-state index in [1.165, 1.54) is 12.8 Å². The topological polar surface area (TPSA) is 30.0 Å². The summed E-state index contributed by atoms with van der Waals surface area (Å²) in [5.74, 6) is 0.633. The van der Waals surface area contributed by atoms with Crippen LogP contribution < -0.4 is 0 Å². The average Bonchev–Trinajstić information content (AvgIpc) is 2.73. The van der Waals surface area contributed by atoms with Crippen molar-refractivity contribution in [3.05, 3.63) is 16.6 Å². The highest BCUT2D eigenvalue weighted by Gasteiger charge is 2.38. The summed E-state index contributed by atoms with van der Waals surface area (Å²) in [6.07, 6.45) is 5.75. The lowest BCUT2D eigenvalue weighted by molar-refractivity contribution is -0.124. The molecule has 1 atom stereocenters. The third kappa shape index (κ3) is 2.28. The predicted molar refractivity (Wildman–Crippen MR) is 61.9 cm³/mol. The molecule has 1 heterocycles. The molecule has 0 saturated heterocycles. The summed E-state index contributed by atoms with van der Waals surface area (Å²) >= 11 is 1.58. The Morgan fingerprint density at radius 1 is 1.67 bits per heavy atom. The van der Waals surface area contributed by atoms with Crippen molar-refractivity contribution in [2.45, 2.75) is 39.5 Å². The van der Waals surface area contributed by atoms with Crippen LogP contribution in [0.4, 0.5) is 0 Å². The summed E-state index contributed by atoms with van der Waals surface area (Å²) < 4.78 is 0. The summed E-state index contributed by atoms with van der Waals surface area (Å²) in [6, 6.07) is 0. The van der Waals surface area contributed by atoms with E-state index in [1.54, 1.807) is 17.5 Å². The molecule has 0 radical (unpaired) electrons. The van der Waals surface area contributed by atoms with Crippen molar-refractivity contribution < 1.29 is 4.79 Å². The maximum atomic E-state index is 12.1. The van der Waals surface area contributed by atoms with Crippen LogP contribution in [0, 0.1) is 11.3 Å². The van der Waals surface area contributed by atoms with Crippen LogP contribution in [0.1, 0.15) is 38.1 Å². The van der Waals surface area contributed by atoms with Crippen LogP contribution in [-0.4, -0.2) is 10.8 Å². The second kappa shape index (κ2) is 4.05. The van der Waals surface area contributed by atoms with Crippen LogP contribution in [0.3, 0.4) is 0 Å². The summed E-state index contributed by atoms with van der Waals surface area (Å²) in [4.78, 5) is 16.3. The summed E-state index contributed by atoms with van der Waals surface area (Å²) in [5, 5.41) is 2.89. The molecule has 0 aromatic carbocycles. The van der Waals surface area contributed by atoms with Gasteiger partial charge in [-0.2, -0.15) is 0 Å². The van der Waals surface area contributed by atoms with Gasteiger partial charge in [-0.15, -0.1) is 11.3 Å². The molecule has 82 valence electrons. The lowest BCUT2D eigenvalue weighted by Gasteiger charge is -2.25. The molecule has 1 aromatic heterocycles. The normalized spacial score (nSPS) is 24.3. The molecule has 0 aliphatic heterocycles. The number of Topliss-reactive ketones (excluding diaryl/α,β-unsaturated/α-hetero) is 1. The maximum absolute atomic E-state index is 12.1. The Bertz CT molecular complexity index is 343. The number of hydrogen-bond acceptors (Lipinski definition) is 3. The van der Waals surface area contributed by atoms with E-state index >= 15 is 0 Å². The molecule has 3 heteroatoms. The van der Waals surface area contributed by atoms with Gasteiger partial charge in [-0.1, -0.05) is 20.3 Å². The molecular formula is C12H17NOS. The second-order valence-corrected chi connectivity index (χ2v) is 5.98. The van der Waals surface area contributed by atoms with E-state index in [0.717, 1.165) is 11.4 Å². The van der Waals surface area contributed by atoms with Gasteiger partial charge in [0.15, 0.2) is 0 Å². The highest BCUT2D eigenvalue weighted by Crippen LogP contribution is 2.43. The van der Waals surface area contributed by atoms with Gasteiger partial charge >= 0.3 is 0 Å². The van der Waals surface area contributed by atoms with E-state index in [2.05, 4.69) is 18.8 Å². The molecule has 0 spiro atoms. The van der Waals surface area contributed by atoms with Gasteiger partial charge in [-0.25, -0.2) is 4.98 Å². The number of nitrogens with zero attached hydrogens (tertiary/aromatic N) is 1. The Morgan fingerprint density at radius 2 is 2.47 bits per heavy atom. The Morgan fingerprint density at radius 3 is 3.00 bits per heavy atom. The summed E-state index contributed by atoms with van der Waals surface area (Å²) in [7, 11) is 0. The van der Waals surface area contributed by atoms with E-state index < -0.39 is 0 Å². The van der Waals surface area contributed by atoms with E-state index in [4.69, 9.17) is 0 Å². The first-order valence-electron chi connectivity index (χ1n) is 5.51. The minimum atomic E-state index is 0.203. The Labute approximate surface area is 94.7 Å². The summed E-state index contributed by atoms with van der Waals surface area (Å²) in [6.45, 7) is 4.43.